The van der Waals surface area contributed by atoms with Crippen molar-refractivity contribution in [3.05, 3.63) is 108 Å². The van der Waals surface area contributed by atoms with E-state index in [4.69, 9.17) is 10.2 Å². The fraction of sp³-hybridized carbons (Fsp3) is 0.0370. The maximum absolute atomic E-state index is 10.6. The molecular formula is C27H21NO4. The van der Waals surface area contributed by atoms with Crippen molar-refractivity contribution in [3.63, 3.8) is 0 Å². The Morgan fingerprint density at radius 2 is 1.41 bits per heavy atom. The Bertz CT molecular complexity index is 1430. The number of aromatic nitrogens is 1. The summed E-state index contributed by atoms with van der Waals surface area (Å²) >= 11 is 0. The van der Waals surface area contributed by atoms with Gasteiger partial charge in [-0.05, 0) is 36.2 Å². The number of hydrogen-bond donors (Lipinski definition) is 3. The molecule has 158 valence electrons. The van der Waals surface area contributed by atoms with Gasteiger partial charge in [0.25, 0.3) is 0 Å². The maximum atomic E-state index is 10.6. The average molecular weight is 423 g/mol. The first kappa shape index (κ1) is 20.9. The molecule has 0 spiro atoms. The second kappa shape index (κ2) is 8.78. The number of carboxylic acid groups (broad SMARTS) is 2. The first-order valence-electron chi connectivity index (χ1n) is 10.1. The smallest absolute Gasteiger partial charge is 0.335 e. The van der Waals surface area contributed by atoms with Crippen LogP contribution in [0.4, 0.5) is 0 Å². The molecule has 0 saturated carbocycles. The SMILES string of the molecule is Cc1ccc(C(=O)O)cc1C(=O)O.c1ccc(-c2cccc3c2[nH]c2ccccc23)cc1. The number of aryl methyl sites for hydroxylation is 1. The Labute approximate surface area is 184 Å². The van der Waals surface area contributed by atoms with Gasteiger partial charge in [-0.3, -0.25) is 0 Å². The van der Waals surface area contributed by atoms with Gasteiger partial charge in [0.15, 0.2) is 0 Å². The van der Waals surface area contributed by atoms with Gasteiger partial charge in [-0.15, -0.1) is 0 Å². The quantitative estimate of drug-likeness (QED) is 0.314. The number of nitrogens with one attached hydrogen (secondary N) is 1. The number of carboxylic acids is 2. The third-order valence-electron chi connectivity index (χ3n) is 5.34. The van der Waals surface area contributed by atoms with E-state index in [0.717, 1.165) is 6.07 Å². The summed E-state index contributed by atoms with van der Waals surface area (Å²) in [6.07, 6.45) is 0. The molecule has 0 saturated heterocycles. The van der Waals surface area contributed by atoms with Crippen molar-refractivity contribution < 1.29 is 19.8 Å². The first-order valence-corrected chi connectivity index (χ1v) is 10.1. The van der Waals surface area contributed by atoms with Crippen LogP contribution in [0, 0.1) is 6.92 Å². The van der Waals surface area contributed by atoms with E-state index in [0.29, 0.717) is 5.56 Å². The highest BCUT2D eigenvalue weighted by atomic mass is 16.4. The number of rotatable bonds is 3. The number of H-pyrrole nitrogens is 1. The summed E-state index contributed by atoms with van der Waals surface area (Å²) in [7, 11) is 0. The van der Waals surface area contributed by atoms with E-state index in [9.17, 15) is 9.59 Å². The van der Waals surface area contributed by atoms with Crippen molar-refractivity contribution in [1.29, 1.82) is 0 Å². The van der Waals surface area contributed by atoms with Crippen molar-refractivity contribution in [3.8, 4) is 11.1 Å². The largest absolute Gasteiger partial charge is 0.478 e. The lowest BCUT2D eigenvalue weighted by molar-refractivity contribution is 0.0695. The molecule has 5 nitrogen and oxygen atoms in total. The minimum absolute atomic E-state index is 0.0111. The van der Waals surface area contributed by atoms with E-state index in [1.165, 1.54) is 45.1 Å². The van der Waals surface area contributed by atoms with E-state index in [1.54, 1.807) is 6.92 Å². The Hall–Kier alpha value is -4.38. The summed E-state index contributed by atoms with van der Waals surface area (Å²) in [5, 5.41) is 19.8. The molecule has 0 unspecified atom stereocenters. The van der Waals surface area contributed by atoms with Crippen LogP contribution in [0.2, 0.25) is 0 Å². The molecule has 1 aromatic heterocycles. The van der Waals surface area contributed by atoms with Gasteiger partial charge in [0.2, 0.25) is 0 Å². The number of aromatic carboxylic acids is 2. The summed E-state index contributed by atoms with van der Waals surface area (Å²) in [5.74, 6) is -2.23. The van der Waals surface area contributed by atoms with Crippen molar-refractivity contribution in [2.75, 3.05) is 0 Å². The Morgan fingerprint density at radius 3 is 2.12 bits per heavy atom. The van der Waals surface area contributed by atoms with Gasteiger partial charge in [-0.2, -0.15) is 0 Å². The highest BCUT2D eigenvalue weighted by Gasteiger charge is 2.11. The average Bonchev–Trinajstić information content (AvgIpc) is 3.19. The normalized spacial score (nSPS) is 10.5. The Morgan fingerprint density at radius 1 is 0.719 bits per heavy atom. The number of para-hydroxylation sites is 2. The summed E-state index contributed by atoms with van der Waals surface area (Å²) in [5.41, 5.74) is 5.49. The number of carbonyl (C=O) groups is 2. The molecule has 0 fully saturated rings. The monoisotopic (exact) mass is 423 g/mol. The van der Waals surface area contributed by atoms with Gasteiger partial charge in [-0.25, -0.2) is 9.59 Å². The van der Waals surface area contributed by atoms with Crippen LogP contribution in [0.1, 0.15) is 26.3 Å². The molecule has 5 aromatic rings. The second-order valence-corrected chi connectivity index (χ2v) is 7.40. The summed E-state index contributed by atoms with van der Waals surface area (Å²) in [4.78, 5) is 24.6. The van der Waals surface area contributed by atoms with E-state index in [1.807, 2.05) is 0 Å². The predicted molar refractivity (Wildman–Crippen MR) is 126 cm³/mol. The van der Waals surface area contributed by atoms with Crippen LogP contribution in [-0.4, -0.2) is 27.1 Å². The van der Waals surface area contributed by atoms with Gasteiger partial charge in [0, 0.05) is 21.9 Å². The summed E-state index contributed by atoms with van der Waals surface area (Å²) in [6, 6.07) is 29.5. The third kappa shape index (κ3) is 4.09. The fourth-order valence-electron chi connectivity index (χ4n) is 3.72. The number of benzene rings is 4. The molecule has 0 aliphatic rings. The minimum Gasteiger partial charge on any atom is -0.478 e. The van der Waals surface area contributed by atoms with Crippen molar-refractivity contribution in [2.24, 2.45) is 0 Å². The predicted octanol–water partition coefficient (Wildman–Crippen LogP) is 6.38. The van der Waals surface area contributed by atoms with Gasteiger partial charge >= 0.3 is 11.9 Å². The molecule has 5 rings (SSSR count). The van der Waals surface area contributed by atoms with Gasteiger partial charge < -0.3 is 15.2 Å². The molecule has 0 bridgehead atoms. The van der Waals surface area contributed by atoms with Crippen molar-refractivity contribution >= 4 is 33.7 Å². The molecule has 4 aromatic carbocycles. The van der Waals surface area contributed by atoms with Crippen LogP contribution < -0.4 is 0 Å². The van der Waals surface area contributed by atoms with Crippen LogP contribution in [-0.2, 0) is 0 Å². The first-order chi connectivity index (χ1) is 15.5. The lowest BCUT2D eigenvalue weighted by Crippen LogP contribution is -2.03. The number of aromatic amines is 1. The lowest BCUT2D eigenvalue weighted by Gasteiger charge is -2.03. The molecule has 0 aliphatic carbocycles. The van der Waals surface area contributed by atoms with Crippen LogP contribution >= 0.6 is 0 Å². The van der Waals surface area contributed by atoms with Crippen LogP contribution in [0.25, 0.3) is 32.9 Å². The zero-order chi connectivity index (χ0) is 22.7. The number of fused-ring (bicyclic) bond motifs is 3. The van der Waals surface area contributed by atoms with E-state index >= 15 is 0 Å². The van der Waals surface area contributed by atoms with Gasteiger partial charge in [0.1, 0.15) is 0 Å². The minimum atomic E-state index is -1.12. The van der Waals surface area contributed by atoms with E-state index in [-0.39, 0.29) is 11.1 Å². The molecular weight excluding hydrogens is 402 g/mol. The molecule has 32 heavy (non-hydrogen) atoms. The Balaban J connectivity index is 0.000000166. The zero-order valence-electron chi connectivity index (χ0n) is 17.4. The molecule has 3 N–H and O–H groups in total. The maximum Gasteiger partial charge on any atom is 0.335 e. The van der Waals surface area contributed by atoms with E-state index < -0.39 is 11.9 Å². The molecule has 5 heteroatoms. The second-order valence-electron chi connectivity index (χ2n) is 7.40. The molecule has 0 radical (unpaired) electrons. The third-order valence-corrected chi connectivity index (χ3v) is 5.34. The van der Waals surface area contributed by atoms with Crippen LogP contribution in [0.15, 0.2) is 91.0 Å². The standard InChI is InChI=1S/C18H13N.C9H8O4/c1-2-7-13(8-3-1)14-10-6-11-16-15-9-4-5-12-17(15)19-18(14)16;1-5-2-3-6(8(10)11)4-7(5)9(12)13/h1-12,19H;2-4H,1H3,(H,10,11)(H,12,13). The fourth-order valence-corrected chi connectivity index (χ4v) is 3.72. The van der Waals surface area contributed by atoms with Crippen LogP contribution in [0.5, 0.6) is 0 Å². The van der Waals surface area contributed by atoms with Crippen LogP contribution in [0.3, 0.4) is 0 Å². The topological polar surface area (TPSA) is 90.4 Å². The number of hydrogen-bond acceptors (Lipinski definition) is 2. The molecule has 0 aliphatic heterocycles. The summed E-state index contributed by atoms with van der Waals surface area (Å²) in [6.45, 7) is 1.62. The molecule has 0 atom stereocenters. The highest BCUT2D eigenvalue weighted by molar-refractivity contribution is 6.11. The molecule has 0 amide bonds. The zero-order valence-corrected chi connectivity index (χ0v) is 17.4. The van der Waals surface area contributed by atoms with Crippen molar-refractivity contribution in [1.82, 2.24) is 4.98 Å². The van der Waals surface area contributed by atoms with Gasteiger partial charge in [0.05, 0.1) is 16.6 Å². The lowest BCUT2D eigenvalue weighted by atomic mass is 10.0. The van der Waals surface area contributed by atoms with E-state index in [2.05, 4.69) is 77.8 Å². The summed E-state index contributed by atoms with van der Waals surface area (Å²) < 4.78 is 0. The highest BCUT2D eigenvalue weighted by Crippen LogP contribution is 2.32. The van der Waals surface area contributed by atoms with Gasteiger partial charge in [-0.1, -0.05) is 72.8 Å². The van der Waals surface area contributed by atoms with Crippen molar-refractivity contribution in [2.45, 2.75) is 6.92 Å². The molecule has 1 heterocycles. The Kier molecular flexibility index (Phi) is 5.73.